The van der Waals surface area contributed by atoms with E-state index in [1.54, 1.807) is 0 Å². The van der Waals surface area contributed by atoms with Gasteiger partial charge in [-0.3, -0.25) is 14.4 Å². The summed E-state index contributed by atoms with van der Waals surface area (Å²) in [7, 11) is 0. The minimum Gasteiger partial charge on any atom is -0.462 e. The fourth-order valence-electron chi connectivity index (χ4n) is 11.1. The normalized spacial score (nSPS) is 12.4. The first-order valence-corrected chi connectivity index (χ1v) is 36.8. The van der Waals surface area contributed by atoms with Crippen molar-refractivity contribution in [2.45, 2.75) is 399 Å². The molecule has 0 rings (SSSR count). The second kappa shape index (κ2) is 71.6. The molecule has 0 aliphatic carbocycles. The van der Waals surface area contributed by atoms with Crippen molar-refractivity contribution in [2.75, 3.05) is 13.2 Å². The molecule has 0 saturated heterocycles. The summed E-state index contributed by atoms with van der Waals surface area (Å²) in [6.45, 7) is 6.59. The zero-order chi connectivity index (χ0) is 59.9. The topological polar surface area (TPSA) is 78.9 Å². The number of ether oxygens (including phenoxy) is 3. The quantitative estimate of drug-likeness (QED) is 0.0261. The Morgan fingerprint density at radius 1 is 0.253 bits per heavy atom. The smallest absolute Gasteiger partial charge is 0.306 e. The van der Waals surface area contributed by atoms with Crippen LogP contribution in [0.25, 0.3) is 0 Å². The third-order valence-electron chi connectivity index (χ3n) is 16.5. The van der Waals surface area contributed by atoms with Gasteiger partial charge < -0.3 is 14.2 Å². The summed E-state index contributed by atoms with van der Waals surface area (Å²) in [4.78, 5) is 38.4. The molecule has 0 radical (unpaired) electrons. The van der Waals surface area contributed by atoms with Gasteiger partial charge in [-0.05, 0) is 64.2 Å². The van der Waals surface area contributed by atoms with Crippen molar-refractivity contribution < 1.29 is 28.6 Å². The van der Waals surface area contributed by atoms with Crippen LogP contribution in [0.4, 0.5) is 0 Å². The Morgan fingerprint density at radius 2 is 0.470 bits per heavy atom. The summed E-state index contributed by atoms with van der Waals surface area (Å²) in [5.74, 6) is -0.835. The molecular weight excluding hydrogens is 1020 g/mol. The maximum absolute atomic E-state index is 12.9. The zero-order valence-corrected chi connectivity index (χ0v) is 55.7. The number of allylic oxidation sites excluding steroid dienone is 10. The molecule has 0 N–H and O–H groups in total. The number of esters is 3. The number of carbonyl (C=O) groups is 3. The molecule has 0 bridgehead atoms. The van der Waals surface area contributed by atoms with Crippen molar-refractivity contribution in [3.05, 3.63) is 60.8 Å². The summed E-state index contributed by atoms with van der Waals surface area (Å²) >= 11 is 0. The van der Waals surface area contributed by atoms with Gasteiger partial charge in [-0.2, -0.15) is 0 Å². The van der Waals surface area contributed by atoms with Gasteiger partial charge in [0.1, 0.15) is 13.2 Å². The van der Waals surface area contributed by atoms with E-state index in [1.165, 1.54) is 263 Å². The van der Waals surface area contributed by atoms with Crippen LogP contribution >= 0.6 is 0 Å². The molecule has 0 aromatic heterocycles. The van der Waals surface area contributed by atoms with E-state index in [9.17, 15) is 14.4 Å². The van der Waals surface area contributed by atoms with Crippen LogP contribution in [0.3, 0.4) is 0 Å². The van der Waals surface area contributed by atoms with Gasteiger partial charge in [0.05, 0.1) is 0 Å². The summed E-state index contributed by atoms with van der Waals surface area (Å²) in [5, 5.41) is 0. The fraction of sp³-hybridized carbons (Fsp3) is 0.831. The highest BCUT2D eigenvalue weighted by Crippen LogP contribution is 2.19. The van der Waals surface area contributed by atoms with Crippen LogP contribution in [-0.2, 0) is 28.6 Å². The maximum Gasteiger partial charge on any atom is 0.306 e. The Labute approximate surface area is 517 Å². The van der Waals surface area contributed by atoms with E-state index in [2.05, 4.69) is 81.5 Å². The van der Waals surface area contributed by atoms with Gasteiger partial charge in [0.15, 0.2) is 6.10 Å². The Hall–Kier alpha value is -2.89. The molecule has 1 unspecified atom stereocenters. The van der Waals surface area contributed by atoms with Crippen molar-refractivity contribution >= 4 is 17.9 Å². The average Bonchev–Trinajstić information content (AvgIpc) is 3.49. The lowest BCUT2D eigenvalue weighted by molar-refractivity contribution is -0.167. The number of hydrogen-bond donors (Lipinski definition) is 0. The molecule has 83 heavy (non-hydrogen) atoms. The highest BCUT2D eigenvalue weighted by atomic mass is 16.6. The molecule has 0 aromatic rings. The van der Waals surface area contributed by atoms with Gasteiger partial charge in [0.2, 0.25) is 0 Å². The SMILES string of the molecule is CC/C=C\C/C=C\C/C=C\C/C=C\C/C=C\CCCCCCCCCCCCCCCCCCCCCC(=O)OCC(COC(=O)CCCCCCCCCCCCCC)OC(=O)CCCCCCCCCCCCCCCCCCCC. The van der Waals surface area contributed by atoms with Gasteiger partial charge in [0.25, 0.3) is 0 Å². The molecule has 6 heteroatoms. The van der Waals surface area contributed by atoms with Gasteiger partial charge in [-0.1, -0.05) is 370 Å². The van der Waals surface area contributed by atoms with E-state index in [1.807, 2.05) is 0 Å². The molecule has 0 saturated carbocycles. The Morgan fingerprint density at radius 3 is 0.735 bits per heavy atom. The van der Waals surface area contributed by atoms with Crippen LogP contribution in [0, 0.1) is 0 Å². The molecule has 0 fully saturated rings. The minimum atomic E-state index is -0.768. The standard InChI is InChI=1S/C77H140O6/c1-4-7-10-13-16-19-22-25-27-29-31-32-33-34-35-36-37-38-39-40-41-42-43-44-45-46-47-49-50-52-55-58-61-64-67-70-76(79)82-73-74(72-81-75(78)69-66-63-60-57-54-24-21-18-15-12-9-6-3)83-77(80)71-68-65-62-59-56-53-51-48-30-28-26-23-20-17-14-11-8-5-2/h7,10,16,19,25,27,31-32,34-35,74H,4-6,8-9,11-15,17-18,20-24,26,28-30,33,36-73H2,1-3H3/b10-7-,19-16-,27-25-,32-31-,35-34-. The first-order chi connectivity index (χ1) is 41.0. The van der Waals surface area contributed by atoms with Crippen molar-refractivity contribution in [3.8, 4) is 0 Å². The monoisotopic (exact) mass is 1160 g/mol. The lowest BCUT2D eigenvalue weighted by Crippen LogP contribution is -2.30. The number of unbranched alkanes of at least 4 members (excludes halogenated alkanes) is 47. The summed E-state index contributed by atoms with van der Waals surface area (Å²) in [6, 6.07) is 0. The second-order valence-corrected chi connectivity index (χ2v) is 24.8. The molecule has 6 nitrogen and oxygen atoms in total. The zero-order valence-electron chi connectivity index (χ0n) is 55.7. The van der Waals surface area contributed by atoms with Gasteiger partial charge >= 0.3 is 17.9 Å². The molecule has 0 aromatic carbocycles. The second-order valence-electron chi connectivity index (χ2n) is 24.8. The molecule has 484 valence electrons. The predicted molar refractivity (Wildman–Crippen MR) is 362 cm³/mol. The van der Waals surface area contributed by atoms with E-state index < -0.39 is 6.10 Å². The third-order valence-corrected chi connectivity index (χ3v) is 16.5. The van der Waals surface area contributed by atoms with E-state index in [-0.39, 0.29) is 31.1 Å². The first-order valence-electron chi connectivity index (χ1n) is 36.8. The maximum atomic E-state index is 12.9. The van der Waals surface area contributed by atoms with Crippen LogP contribution in [0.2, 0.25) is 0 Å². The minimum absolute atomic E-state index is 0.0653. The molecule has 0 heterocycles. The van der Waals surface area contributed by atoms with E-state index in [0.717, 1.165) is 89.9 Å². The first kappa shape index (κ1) is 80.1. The largest absolute Gasteiger partial charge is 0.462 e. The average molecular weight is 1160 g/mol. The Balaban J connectivity index is 4.09. The highest BCUT2D eigenvalue weighted by molar-refractivity contribution is 5.71. The van der Waals surface area contributed by atoms with Gasteiger partial charge in [-0.15, -0.1) is 0 Å². The number of hydrogen-bond acceptors (Lipinski definition) is 6. The predicted octanol–water partition coefficient (Wildman–Crippen LogP) is 25.5. The van der Waals surface area contributed by atoms with Crippen LogP contribution < -0.4 is 0 Å². The third kappa shape index (κ3) is 69.8. The Bertz CT molecular complexity index is 1470. The van der Waals surface area contributed by atoms with E-state index in [4.69, 9.17) is 14.2 Å². The molecule has 0 amide bonds. The molecule has 0 aliphatic rings. The molecule has 0 aliphatic heterocycles. The number of carbonyl (C=O) groups excluding carboxylic acids is 3. The van der Waals surface area contributed by atoms with Crippen molar-refractivity contribution in [1.82, 2.24) is 0 Å². The summed E-state index contributed by atoms with van der Waals surface area (Å²) < 4.78 is 17.0. The van der Waals surface area contributed by atoms with E-state index >= 15 is 0 Å². The van der Waals surface area contributed by atoms with Crippen molar-refractivity contribution in [2.24, 2.45) is 0 Å². The Kier molecular flexibility index (Phi) is 69.1. The van der Waals surface area contributed by atoms with Gasteiger partial charge in [-0.25, -0.2) is 0 Å². The number of rotatable bonds is 68. The summed E-state index contributed by atoms with van der Waals surface area (Å²) in [6.07, 6.45) is 92.7. The molecule has 0 spiro atoms. The fourth-order valence-corrected chi connectivity index (χ4v) is 11.1. The highest BCUT2D eigenvalue weighted by Gasteiger charge is 2.19. The van der Waals surface area contributed by atoms with Crippen LogP contribution in [0.1, 0.15) is 393 Å². The van der Waals surface area contributed by atoms with Crippen molar-refractivity contribution in [1.29, 1.82) is 0 Å². The van der Waals surface area contributed by atoms with Crippen LogP contribution in [0.5, 0.6) is 0 Å². The van der Waals surface area contributed by atoms with Crippen molar-refractivity contribution in [3.63, 3.8) is 0 Å². The van der Waals surface area contributed by atoms with E-state index in [0.29, 0.717) is 19.3 Å². The molecule has 1 atom stereocenters. The van der Waals surface area contributed by atoms with Crippen LogP contribution in [0.15, 0.2) is 60.8 Å². The van der Waals surface area contributed by atoms with Crippen LogP contribution in [-0.4, -0.2) is 37.2 Å². The van der Waals surface area contributed by atoms with Gasteiger partial charge in [0, 0.05) is 19.3 Å². The lowest BCUT2D eigenvalue weighted by atomic mass is 10.0. The summed E-state index contributed by atoms with van der Waals surface area (Å²) in [5.41, 5.74) is 0. The molecular formula is C77H140O6. The lowest BCUT2D eigenvalue weighted by Gasteiger charge is -2.18.